The largest absolute Gasteiger partial charge is 0.495 e. The number of ether oxygens (including phenoxy) is 1. The Morgan fingerprint density at radius 2 is 2.24 bits per heavy atom. The van der Waals surface area contributed by atoms with Crippen molar-refractivity contribution in [1.29, 1.82) is 5.26 Å². The van der Waals surface area contributed by atoms with E-state index in [4.69, 9.17) is 4.74 Å². The van der Waals surface area contributed by atoms with E-state index in [0.29, 0.717) is 11.3 Å². The first-order chi connectivity index (χ1) is 10.3. The molecule has 0 unspecified atom stereocenters. The van der Waals surface area contributed by atoms with E-state index in [1.54, 1.807) is 22.4 Å². The highest BCUT2D eigenvalue weighted by molar-refractivity contribution is 14.2. The number of nitriles is 1. The van der Waals surface area contributed by atoms with E-state index in [2.05, 4.69) is 32.3 Å². The van der Waals surface area contributed by atoms with E-state index >= 15 is 0 Å². The maximum atomic E-state index is 9.23. The third-order valence-corrected chi connectivity index (χ3v) is 4.94. The average Bonchev–Trinajstić information content (AvgIpc) is 2.93. The predicted octanol–water partition coefficient (Wildman–Crippen LogP) is 4.43. The number of hydrogen-bond donors (Lipinski definition) is 0. The summed E-state index contributed by atoms with van der Waals surface area (Å²) in [5.74, 6) is 0.589. The topological polar surface area (TPSA) is 50.8 Å². The molecule has 4 nitrogen and oxygen atoms in total. The number of hydrogen-bond acceptors (Lipinski definition) is 4. The lowest BCUT2D eigenvalue weighted by Crippen LogP contribution is -1.88. The Kier molecular flexibility index (Phi) is 4.03. The van der Waals surface area contributed by atoms with Crippen LogP contribution in [0.1, 0.15) is 5.56 Å². The smallest absolute Gasteiger partial charge is 0.151 e. The van der Waals surface area contributed by atoms with E-state index in [-0.39, 0.29) is 0 Å². The summed E-state index contributed by atoms with van der Waals surface area (Å²) in [6.07, 6.45) is 3.82. The maximum absolute atomic E-state index is 9.23. The van der Waals surface area contributed by atoms with Gasteiger partial charge in [0, 0.05) is 53.7 Å². The molecule has 0 aliphatic rings. The van der Waals surface area contributed by atoms with Crippen molar-refractivity contribution in [3.05, 3.63) is 48.3 Å². The van der Waals surface area contributed by atoms with Gasteiger partial charge in [0.1, 0.15) is 11.8 Å². The van der Waals surface area contributed by atoms with Gasteiger partial charge in [-0.1, -0.05) is 6.07 Å². The molecule has 0 bridgehead atoms. The first-order valence-electron chi connectivity index (χ1n) is 6.12. The maximum Gasteiger partial charge on any atom is 0.151 e. The summed E-state index contributed by atoms with van der Waals surface area (Å²) < 4.78 is 7.21. The lowest BCUT2D eigenvalue weighted by Gasteiger charge is -2.05. The second-order valence-corrected chi connectivity index (χ2v) is 6.05. The number of halogens is 1. The first-order valence-corrected chi connectivity index (χ1v) is 9.43. The van der Waals surface area contributed by atoms with Crippen LogP contribution in [0, 0.1) is 11.3 Å². The molecular weight excluding hydrogens is 397 g/mol. The lowest BCUT2D eigenvalue weighted by atomic mass is 10.0. The van der Waals surface area contributed by atoms with E-state index in [9.17, 15) is 5.26 Å². The number of fused-ring (bicyclic) bond motifs is 1. The summed E-state index contributed by atoms with van der Waals surface area (Å²) in [5, 5.41) is 10.3. The van der Waals surface area contributed by atoms with Gasteiger partial charge in [-0.05, 0) is 29.8 Å². The number of benzene rings is 1. The predicted molar refractivity (Wildman–Crippen MR) is 93.4 cm³/mol. The van der Waals surface area contributed by atoms with Gasteiger partial charge in [-0.15, -0.1) is 0 Å². The molecule has 21 heavy (non-hydrogen) atoms. The fraction of sp³-hybridized carbons (Fsp3) is 0.0667. The van der Waals surface area contributed by atoms with Gasteiger partial charge >= 0.3 is 0 Å². The summed E-state index contributed by atoms with van der Waals surface area (Å²) in [6.45, 7) is 0. The third kappa shape index (κ3) is 2.47. The van der Waals surface area contributed by atoms with Crippen LogP contribution in [-0.4, -0.2) is 16.1 Å². The van der Waals surface area contributed by atoms with E-state index in [1.807, 2.05) is 40.5 Å². The standard InChI is InChI=1S/C15H10IN3OS/c1-20-14-5-4-10(7-11(14)8-17)13-9-19(21-16)15-12(13)3-2-6-18-15/h2-7,9H,1H3. The quantitative estimate of drug-likeness (QED) is 0.603. The van der Waals surface area contributed by atoms with Gasteiger partial charge in [0.05, 0.1) is 12.7 Å². The zero-order chi connectivity index (χ0) is 14.8. The van der Waals surface area contributed by atoms with Crippen LogP contribution in [0.15, 0.2) is 42.7 Å². The normalized spacial score (nSPS) is 10.5. The Morgan fingerprint density at radius 1 is 1.38 bits per heavy atom. The van der Waals surface area contributed by atoms with Crippen molar-refractivity contribution in [2.45, 2.75) is 0 Å². The zero-order valence-corrected chi connectivity index (χ0v) is 14.1. The zero-order valence-electron chi connectivity index (χ0n) is 11.1. The molecule has 3 aromatic rings. The number of aromatic nitrogens is 2. The van der Waals surface area contributed by atoms with Gasteiger partial charge in [-0.2, -0.15) is 5.26 Å². The highest BCUT2D eigenvalue weighted by Crippen LogP contribution is 2.35. The number of pyridine rings is 1. The molecule has 0 radical (unpaired) electrons. The van der Waals surface area contributed by atoms with Crippen LogP contribution in [0.5, 0.6) is 5.75 Å². The lowest BCUT2D eigenvalue weighted by molar-refractivity contribution is 0.413. The molecule has 3 rings (SSSR count). The Labute approximate surface area is 138 Å². The van der Waals surface area contributed by atoms with Crippen molar-refractivity contribution in [3.63, 3.8) is 0 Å². The summed E-state index contributed by atoms with van der Waals surface area (Å²) in [6, 6.07) is 11.8. The van der Waals surface area contributed by atoms with Crippen LogP contribution in [0.2, 0.25) is 0 Å². The van der Waals surface area contributed by atoms with Crippen LogP contribution < -0.4 is 4.74 Å². The van der Waals surface area contributed by atoms with Crippen molar-refractivity contribution >= 4 is 41.4 Å². The molecule has 2 heterocycles. The van der Waals surface area contributed by atoms with Gasteiger partial charge in [0.15, 0.2) is 5.65 Å². The minimum absolute atomic E-state index is 0.530. The van der Waals surface area contributed by atoms with Gasteiger partial charge < -0.3 is 4.74 Å². The van der Waals surface area contributed by atoms with Crippen LogP contribution >= 0.6 is 30.3 Å². The van der Waals surface area contributed by atoms with Crippen molar-refractivity contribution < 1.29 is 4.74 Å². The highest BCUT2D eigenvalue weighted by atomic mass is 127. The Balaban J connectivity index is 2.24. The molecule has 2 aromatic heterocycles. The third-order valence-electron chi connectivity index (χ3n) is 3.24. The molecule has 0 aliphatic carbocycles. The molecule has 0 N–H and O–H groups in total. The van der Waals surface area contributed by atoms with Crippen LogP contribution in [0.25, 0.3) is 22.2 Å². The van der Waals surface area contributed by atoms with Gasteiger partial charge in [0.25, 0.3) is 0 Å². The number of rotatable bonds is 3. The first kappa shape index (κ1) is 14.2. The van der Waals surface area contributed by atoms with Crippen molar-refractivity contribution in [2.24, 2.45) is 0 Å². The molecule has 0 aliphatic heterocycles. The monoisotopic (exact) mass is 407 g/mol. The summed E-state index contributed by atoms with van der Waals surface area (Å²) >= 11 is 2.23. The Hall–Kier alpha value is -1.72. The van der Waals surface area contributed by atoms with Crippen molar-refractivity contribution in [2.75, 3.05) is 7.11 Å². The van der Waals surface area contributed by atoms with E-state index in [0.717, 1.165) is 22.2 Å². The van der Waals surface area contributed by atoms with E-state index < -0.39 is 0 Å². The molecule has 0 atom stereocenters. The minimum atomic E-state index is 0.530. The average molecular weight is 407 g/mol. The second kappa shape index (κ2) is 5.95. The molecular formula is C15H10IN3OS. The summed E-state index contributed by atoms with van der Waals surface area (Å²) in [5.41, 5.74) is 3.49. The fourth-order valence-corrected chi connectivity index (χ4v) is 3.53. The van der Waals surface area contributed by atoms with Gasteiger partial charge in [0.2, 0.25) is 0 Å². The van der Waals surface area contributed by atoms with E-state index in [1.165, 1.54) is 0 Å². The second-order valence-electron chi connectivity index (χ2n) is 4.34. The highest BCUT2D eigenvalue weighted by Gasteiger charge is 2.13. The molecule has 1 aromatic carbocycles. The molecule has 104 valence electrons. The Morgan fingerprint density at radius 3 is 2.95 bits per heavy atom. The van der Waals surface area contributed by atoms with Crippen molar-refractivity contribution in [1.82, 2.24) is 8.96 Å². The molecule has 0 spiro atoms. The van der Waals surface area contributed by atoms with Crippen molar-refractivity contribution in [3.8, 4) is 22.9 Å². The SMILES string of the molecule is COc1ccc(-c2cn(SI)c3ncccc23)cc1C#N. The molecule has 0 amide bonds. The molecule has 0 saturated heterocycles. The van der Waals surface area contributed by atoms with Crippen LogP contribution in [-0.2, 0) is 0 Å². The van der Waals surface area contributed by atoms with Crippen LogP contribution in [0.4, 0.5) is 0 Å². The molecule has 6 heteroatoms. The minimum Gasteiger partial charge on any atom is -0.495 e. The van der Waals surface area contributed by atoms with Gasteiger partial charge in [-0.3, -0.25) is 3.97 Å². The van der Waals surface area contributed by atoms with Crippen LogP contribution in [0.3, 0.4) is 0 Å². The fourth-order valence-electron chi connectivity index (χ4n) is 2.28. The molecule has 0 fully saturated rings. The summed E-state index contributed by atoms with van der Waals surface area (Å²) in [4.78, 5) is 4.42. The van der Waals surface area contributed by atoms with Gasteiger partial charge in [-0.25, -0.2) is 4.98 Å². The molecule has 0 saturated carbocycles. The number of nitrogens with zero attached hydrogens (tertiary/aromatic N) is 3. The summed E-state index contributed by atoms with van der Waals surface area (Å²) in [7, 11) is 3.13. The number of methoxy groups -OCH3 is 1. The Bertz CT molecular complexity index is 854.